The normalized spacial score (nSPS) is 12.2. The van der Waals surface area contributed by atoms with Gasteiger partial charge in [0.2, 0.25) is 5.78 Å². The zero-order valence-corrected chi connectivity index (χ0v) is 17.4. The summed E-state index contributed by atoms with van der Waals surface area (Å²) in [5.41, 5.74) is 1.08. The molecule has 2 aromatic carbocycles. The number of ether oxygens (including phenoxy) is 1. The number of H-pyrrole nitrogens is 1. The Morgan fingerprint density at radius 2 is 1.74 bits per heavy atom. The van der Waals surface area contributed by atoms with E-state index in [1.165, 1.54) is 11.6 Å². The molecule has 158 valence electrons. The number of rotatable bonds is 7. The predicted octanol–water partition coefficient (Wildman–Crippen LogP) is 4.11. The summed E-state index contributed by atoms with van der Waals surface area (Å²) in [5, 5.41) is 5.86. The summed E-state index contributed by atoms with van der Waals surface area (Å²) in [4.78, 5) is 41.7. The van der Waals surface area contributed by atoms with Gasteiger partial charge in [-0.05, 0) is 25.5 Å². The maximum absolute atomic E-state index is 13.0. The highest BCUT2D eigenvalue weighted by molar-refractivity contribution is 6.11. The van der Waals surface area contributed by atoms with Gasteiger partial charge in [-0.25, -0.2) is 9.48 Å². The molecule has 0 aliphatic heterocycles. The highest BCUT2D eigenvalue weighted by Crippen LogP contribution is 2.21. The number of benzene rings is 2. The Morgan fingerprint density at radius 1 is 1.06 bits per heavy atom. The molecular formula is C24H23N3O4. The lowest BCUT2D eigenvalue weighted by Gasteiger charge is -2.14. The van der Waals surface area contributed by atoms with Gasteiger partial charge in [-0.15, -0.1) is 0 Å². The van der Waals surface area contributed by atoms with Gasteiger partial charge in [0.25, 0.3) is 5.56 Å². The molecule has 0 saturated carbocycles. The number of carbonyl (C=O) groups is 2. The number of hydrogen-bond donors (Lipinski definition) is 1. The van der Waals surface area contributed by atoms with Crippen molar-refractivity contribution in [1.29, 1.82) is 0 Å². The maximum Gasteiger partial charge on any atom is 0.360 e. The van der Waals surface area contributed by atoms with Gasteiger partial charge in [0.15, 0.2) is 11.8 Å². The summed E-state index contributed by atoms with van der Waals surface area (Å²) < 4.78 is 6.80. The van der Waals surface area contributed by atoms with E-state index in [1.807, 2.05) is 31.2 Å². The van der Waals surface area contributed by atoms with Crippen LogP contribution in [-0.4, -0.2) is 32.6 Å². The van der Waals surface area contributed by atoms with Crippen molar-refractivity contribution >= 4 is 33.4 Å². The zero-order valence-electron chi connectivity index (χ0n) is 17.4. The minimum Gasteiger partial charge on any atom is -0.449 e. The molecule has 0 amide bonds. The van der Waals surface area contributed by atoms with Gasteiger partial charge in [-0.1, -0.05) is 49.7 Å². The monoisotopic (exact) mass is 417 g/mol. The summed E-state index contributed by atoms with van der Waals surface area (Å²) in [5.74, 6) is -1.04. The van der Waals surface area contributed by atoms with Crippen LogP contribution in [0.15, 0.2) is 59.5 Å². The number of carbonyl (C=O) groups excluding carboxylic acids is 2. The molecule has 4 aromatic rings. The van der Waals surface area contributed by atoms with Gasteiger partial charge in [-0.2, -0.15) is 5.10 Å². The molecule has 4 rings (SSSR count). The maximum atomic E-state index is 13.0. The molecule has 0 unspecified atom stereocenters. The summed E-state index contributed by atoms with van der Waals surface area (Å²) in [7, 11) is 0. The molecule has 0 aliphatic carbocycles. The number of nitrogens with one attached hydrogen (secondary N) is 1. The number of aromatic amines is 1. The molecule has 7 heteroatoms. The van der Waals surface area contributed by atoms with E-state index in [2.05, 4.69) is 10.1 Å². The highest BCUT2D eigenvalue weighted by atomic mass is 16.5. The summed E-state index contributed by atoms with van der Waals surface area (Å²) >= 11 is 0. The van der Waals surface area contributed by atoms with Crippen LogP contribution >= 0.6 is 0 Å². The molecule has 1 N–H and O–H groups in total. The number of aromatic nitrogens is 3. The van der Waals surface area contributed by atoms with E-state index in [4.69, 9.17) is 4.74 Å². The van der Waals surface area contributed by atoms with Crippen molar-refractivity contribution in [2.24, 2.45) is 0 Å². The number of ketones is 1. The molecule has 0 aliphatic rings. The fourth-order valence-electron chi connectivity index (χ4n) is 3.61. The summed E-state index contributed by atoms with van der Waals surface area (Å²) in [6.45, 7) is 3.96. The van der Waals surface area contributed by atoms with Crippen molar-refractivity contribution < 1.29 is 14.3 Å². The van der Waals surface area contributed by atoms with Gasteiger partial charge in [-0.3, -0.25) is 9.59 Å². The Balaban J connectivity index is 1.65. The molecule has 2 aromatic heterocycles. The van der Waals surface area contributed by atoms with E-state index in [0.717, 1.165) is 23.7 Å². The first-order chi connectivity index (χ1) is 15.0. The second kappa shape index (κ2) is 8.55. The number of fused-ring (bicyclic) bond motifs is 2. The molecule has 0 bridgehead atoms. The van der Waals surface area contributed by atoms with Crippen LogP contribution in [0.2, 0.25) is 0 Å². The second-order valence-corrected chi connectivity index (χ2v) is 7.44. The topological polar surface area (TPSA) is 94.1 Å². The van der Waals surface area contributed by atoms with E-state index in [1.54, 1.807) is 30.5 Å². The van der Waals surface area contributed by atoms with Gasteiger partial charge in [0.05, 0.1) is 5.39 Å². The van der Waals surface area contributed by atoms with E-state index in [9.17, 15) is 14.4 Å². The SMILES string of the molecule is CCCCn1nc(C(=O)O[C@H](C)C(=O)c2c[nH]c3ccccc23)c2ccccc2c1=O. The molecular weight excluding hydrogens is 394 g/mol. The second-order valence-electron chi connectivity index (χ2n) is 7.44. The lowest BCUT2D eigenvalue weighted by Crippen LogP contribution is -2.29. The Morgan fingerprint density at radius 3 is 2.48 bits per heavy atom. The first-order valence-corrected chi connectivity index (χ1v) is 10.3. The van der Waals surface area contributed by atoms with Crippen LogP contribution in [0.4, 0.5) is 0 Å². The van der Waals surface area contributed by atoms with Crippen LogP contribution < -0.4 is 5.56 Å². The first-order valence-electron chi connectivity index (χ1n) is 10.3. The number of Topliss-reactive ketones (excluding diaryl/α,β-unsaturated/α-hetero) is 1. The van der Waals surface area contributed by atoms with Crippen LogP contribution in [0.5, 0.6) is 0 Å². The third-order valence-corrected chi connectivity index (χ3v) is 5.29. The van der Waals surface area contributed by atoms with Gasteiger partial charge in [0, 0.05) is 34.6 Å². The molecule has 1 atom stereocenters. The lowest BCUT2D eigenvalue weighted by molar-refractivity contribution is 0.0313. The molecule has 31 heavy (non-hydrogen) atoms. The fourth-order valence-corrected chi connectivity index (χ4v) is 3.61. The van der Waals surface area contributed by atoms with E-state index < -0.39 is 12.1 Å². The average molecular weight is 417 g/mol. The smallest absolute Gasteiger partial charge is 0.360 e. The number of unbranched alkanes of at least 4 members (excludes halogenated alkanes) is 1. The average Bonchev–Trinajstić information content (AvgIpc) is 3.22. The predicted molar refractivity (Wildman–Crippen MR) is 118 cm³/mol. The summed E-state index contributed by atoms with van der Waals surface area (Å²) in [6, 6.07) is 14.2. The van der Waals surface area contributed by atoms with Crippen molar-refractivity contribution in [3.05, 3.63) is 76.3 Å². The van der Waals surface area contributed by atoms with Gasteiger partial charge >= 0.3 is 5.97 Å². The van der Waals surface area contributed by atoms with Crippen LogP contribution in [0.3, 0.4) is 0 Å². The Bertz CT molecular complexity index is 1340. The number of nitrogens with zero attached hydrogens (tertiary/aromatic N) is 2. The largest absolute Gasteiger partial charge is 0.449 e. The summed E-state index contributed by atoms with van der Waals surface area (Å²) in [6.07, 6.45) is 2.26. The first kappa shape index (κ1) is 20.5. The third kappa shape index (κ3) is 3.86. The van der Waals surface area contributed by atoms with Crippen LogP contribution in [0.1, 0.15) is 47.5 Å². The van der Waals surface area contributed by atoms with Crippen molar-refractivity contribution in [2.75, 3.05) is 0 Å². The molecule has 0 spiro atoms. The molecule has 2 heterocycles. The zero-order chi connectivity index (χ0) is 22.0. The number of hydrogen-bond acceptors (Lipinski definition) is 5. The lowest BCUT2D eigenvalue weighted by atomic mass is 10.1. The van der Waals surface area contributed by atoms with Crippen molar-refractivity contribution in [3.8, 4) is 0 Å². The number of esters is 1. The van der Waals surface area contributed by atoms with E-state index in [0.29, 0.717) is 22.9 Å². The molecule has 0 saturated heterocycles. The Kier molecular flexibility index (Phi) is 5.66. The quantitative estimate of drug-likeness (QED) is 0.361. The van der Waals surface area contributed by atoms with E-state index >= 15 is 0 Å². The highest BCUT2D eigenvalue weighted by Gasteiger charge is 2.25. The minimum atomic E-state index is -1.01. The van der Waals surface area contributed by atoms with Crippen LogP contribution in [0, 0.1) is 0 Å². The Hall–Kier alpha value is -3.74. The molecule has 0 radical (unpaired) electrons. The van der Waals surface area contributed by atoms with Crippen molar-refractivity contribution in [1.82, 2.24) is 14.8 Å². The standard InChI is InChI=1S/C24H23N3O4/c1-3-4-13-27-23(29)18-11-6-5-10-17(18)21(26-27)24(30)31-15(2)22(28)19-14-25-20-12-8-7-9-16(19)20/h5-12,14-15,25H,3-4,13H2,1-2H3/t15-/m1/s1. The van der Waals surface area contributed by atoms with Gasteiger partial charge < -0.3 is 9.72 Å². The third-order valence-electron chi connectivity index (χ3n) is 5.29. The minimum absolute atomic E-state index is 0.0323. The van der Waals surface area contributed by atoms with Gasteiger partial charge in [0.1, 0.15) is 0 Å². The molecule has 0 fully saturated rings. The van der Waals surface area contributed by atoms with Crippen LogP contribution in [-0.2, 0) is 11.3 Å². The Labute approximate surface area is 178 Å². The number of para-hydroxylation sites is 1. The van der Waals surface area contributed by atoms with Crippen LogP contribution in [0.25, 0.3) is 21.7 Å². The van der Waals surface area contributed by atoms with Crippen molar-refractivity contribution in [3.63, 3.8) is 0 Å². The van der Waals surface area contributed by atoms with Crippen molar-refractivity contribution in [2.45, 2.75) is 39.3 Å². The number of aryl methyl sites for hydroxylation is 1. The molecule has 7 nitrogen and oxygen atoms in total. The van der Waals surface area contributed by atoms with E-state index in [-0.39, 0.29) is 17.0 Å². The fraction of sp³-hybridized carbons (Fsp3) is 0.250.